The highest BCUT2D eigenvalue weighted by Crippen LogP contribution is 2.41. The molecule has 4 atom stereocenters. The molecule has 1 saturated heterocycles. The Balaban J connectivity index is 1.79. The summed E-state index contributed by atoms with van der Waals surface area (Å²) in [4.78, 5) is 2.71. The van der Waals surface area contributed by atoms with Gasteiger partial charge in [-0.05, 0) is 44.9 Å². The van der Waals surface area contributed by atoms with E-state index >= 15 is 0 Å². The van der Waals surface area contributed by atoms with Crippen LogP contribution in [0.15, 0.2) is 0 Å². The van der Waals surface area contributed by atoms with Crippen molar-refractivity contribution in [1.82, 2.24) is 4.90 Å². The van der Waals surface area contributed by atoms with Crippen molar-refractivity contribution in [1.29, 1.82) is 0 Å². The zero-order valence-corrected chi connectivity index (χ0v) is 12.1. The summed E-state index contributed by atoms with van der Waals surface area (Å²) in [5, 5.41) is 0. The predicted octanol–water partition coefficient (Wildman–Crippen LogP) is 1.53. The Bertz CT molecular complexity index is 313. The Morgan fingerprint density at radius 2 is 2.21 bits per heavy atom. The van der Waals surface area contributed by atoms with Crippen LogP contribution in [0.25, 0.3) is 0 Å². The first-order chi connectivity index (χ1) is 9.29. The molecule has 1 aliphatic heterocycles. The van der Waals surface area contributed by atoms with Gasteiger partial charge in [0.05, 0.1) is 18.8 Å². The summed E-state index contributed by atoms with van der Waals surface area (Å²) >= 11 is 0. The molecule has 4 nitrogen and oxygen atoms in total. The molecule has 4 unspecified atom stereocenters. The summed E-state index contributed by atoms with van der Waals surface area (Å²) in [5.41, 5.74) is 6.39. The van der Waals surface area contributed by atoms with Crippen molar-refractivity contribution in [3.05, 3.63) is 0 Å². The van der Waals surface area contributed by atoms with Crippen molar-refractivity contribution in [2.45, 2.75) is 68.7 Å². The molecular weight excluding hydrogens is 240 g/mol. The normalized spacial score (nSPS) is 44.2. The summed E-state index contributed by atoms with van der Waals surface area (Å²) in [6.07, 6.45) is 9.43. The number of fused-ring (bicyclic) bond motifs is 1. The Morgan fingerprint density at radius 3 is 3.00 bits per heavy atom. The van der Waals surface area contributed by atoms with Gasteiger partial charge in [-0.3, -0.25) is 4.90 Å². The van der Waals surface area contributed by atoms with Crippen LogP contribution in [0.5, 0.6) is 0 Å². The van der Waals surface area contributed by atoms with E-state index in [1.165, 1.54) is 38.5 Å². The maximum Gasteiger partial charge on any atom is 0.0731 e. The molecule has 1 heterocycles. The third-order valence-corrected chi connectivity index (χ3v) is 5.58. The van der Waals surface area contributed by atoms with Crippen molar-refractivity contribution < 1.29 is 9.47 Å². The summed E-state index contributed by atoms with van der Waals surface area (Å²) in [6.45, 7) is 2.69. The molecule has 3 rings (SSSR count). The van der Waals surface area contributed by atoms with Crippen LogP contribution in [0, 0.1) is 0 Å². The van der Waals surface area contributed by atoms with E-state index in [4.69, 9.17) is 15.2 Å². The first-order valence-corrected chi connectivity index (χ1v) is 7.90. The fourth-order valence-corrected chi connectivity index (χ4v) is 4.57. The highest BCUT2D eigenvalue weighted by atomic mass is 16.5. The highest BCUT2D eigenvalue weighted by molar-refractivity contribution is 5.03. The van der Waals surface area contributed by atoms with Gasteiger partial charge >= 0.3 is 0 Å². The molecule has 4 heteroatoms. The average molecular weight is 268 g/mol. The molecule has 3 fully saturated rings. The van der Waals surface area contributed by atoms with Gasteiger partial charge < -0.3 is 15.2 Å². The van der Waals surface area contributed by atoms with E-state index in [-0.39, 0.29) is 5.54 Å². The van der Waals surface area contributed by atoms with Crippen molar-refractivity contribution in [2.24, 2.45) is 5.73 Å². The lowest BCUT2D eigenvalue weighted by atomic mass is 9.77. The van der Waals surface area contributed by atoms with Crippen molar-refractivity contribution in [3.63, 3.8) is 0 Å². The number of rotatable bonds is 3. The maximum atomic E-state index is 6.23. The van der Waals surface area contributed by atoms with Gasteiger partial charge in [0.15, 0.2) is 0 Å². The zero-order chi connectivity index (χ0) is 13.3. The number of nitrogens with zero attached hydrogens (tertiary/aromatic N) is 1. The van der Waals surface area contributed by atoms with Crippen LogP contribution in [0.4, 0.5) is 0 Å². The Kier molecular flexibility index (Phi) is 4.13. The largest absolute Gasteiger partial charge is 0.381 e. The fraction of sp³-hybridized carbons (Fsp3) is 1.00. The molecule has 19 heavy (non-hydrogen) atoms. The molecule has 3 aliphatic rings. The quantitative estimate of drug-likeness (QED) is 0.843. The van der Waals surface area contributed by atoms with E-state index in [1.807, 2.05) is 7.11 Å². The van der Waals surface area contributed by atoms with E-state index in [1.54, 1.807) is 0 Å². The van der Waals surface area contributed by atoms with Crippen LogP contribution < -0.4 is 5.73 Å². The predicted molar refractivity (Wildman–Crippen MR) is 75.1 cm³/mol. The van der Waals surface area contributed by atoms with E-state index < -0.39 is 0 Å². The SMILES string of the molecule is COC1CCCC(CN)(N2CCOC3CCCC32)C1. The second-order valence-corrected chi connectivity index (χ2v) is 6.48. The zero-order valence-electron chi connectivity index (χ0n) is 12.1. The minimum absolute atomic E-state index is 0.163. The van der Waals surface area contributed by atoms with Crippen LogP contribution in [0.1, 0.15) is 44.9 Å². The van der Waals surface area contributed by atoms with Crippen molar-refractivity contribution in [3.8, 4) is 0 Å². The molecule has 110 valence electrons. The lowest BCUT2D eigenvalue weighted by molar-refractivity contribution is -0.120. The molecule has 2 saturated carbocycles. The topological polar surface area (TPSA) is 47.7 Å². The van der Waals surface area contributed by atoms with Crippen LogP contribution >= 0.6 is 0 Å². The fourth-order valence-electron chi connectivity index (χ4n) is 4.57. The Labute approximate surface area is 116 Å². The summed E-state index contributed by atoms with van der Waals surface area (Å²) in [5.74, 6) is 0. The van der Waals surface area contributed by atoms with Crippen LogP contribution in [-0.2, 0) is 9.47 Å². The minimum atomic E-state index is 0.163. The Morgan fingerprint density at radius 1 is 1.32 bits per heavy atom. The minimum Gasteiger partial charge on any atom is -0.381 e. The number of morpholine rings is 1. The standard InChI is InChI=1S/C15H28N2O2/c1-18-12-4-3-7-15(10-12,11-16)17-8-9-19-14-6-2-5-13(14)17/h12-14H,2-11,16H2,1H3. The Hall–Kier alpha value is -0.160. The van der Waals surface area contributed by atoms with Crippen molar-refractivity contribution in [2.75, 3.05) is 26.8 Å². The third kappa shape index (κ3) is 2.44. The number of hydrogen-bond donors (Lipinski definition) is 1. The average Bonchev–Trinajstić information content (AvgIpc) is 2.95. The van der Waals surface area contributed by atoms with E-state index in [0.29, 0.717) is 18.2 Å². The molecule has 0 amide bonds. The number of ether oxygens (including phenoxy) is 2. The van der Waals surface area contributed by atoms with E-state index in [9.17, 15) is 0 Å². The van der Waals surface area contributed by atoms with E-state index in [2.05, 4.69) is 4.90 Å². The molecule has 0 aromatic rings. The molecule has 0 aromatic carbocycles. The number of nitrogens with two attached hydrogens (primary N) is 1. The molecule has 2 N–H and O–H groups in total. The van der Waals surface area contributed by atoms with Gasteiger partial charge in [0.25, 0.3) is 0 Å². The monoisotopic (exact) mass is 268 g/mol. The van der Waals surface area contributed by atoms with Gasteiger partial charge in [-0.25, -0.2) is 0 Å². The van der Waals surface area contributed by atoms with E-state index in [0.717, 1.165) is 26.1 Å². The van der Waals surface area contributed by atoms with Gasteiger partial charge in [-0.2, -0.15) is 0 Å². The number of methoxy groups -OCH3 is 1. The van der Waals surface area contributed by atoms with Gasteiger partial charge in [-0.1, -0.05) is 0 Å². The molecule has 0 radical (unpaired) electrons. The van der Waals surface area contributed by atoms with Gasteiger partial charge in [0.1, 0.15) is 0 Å². The second kappa shape index (κ2) is 5.68. The summed E-state index contributed by atoms with van der Waals surface area (Å²) in [7, 11) is 1.84. The van der Waals surface area contributed by atoms with Crippen LogP contribution in [0.2, 0.25) is 0 Å². The third-order valence-electron chi connectivity index (χ3n) is 5.58. The van der Waals surface area contributed by atoms with Gasteiger partial charge in [0.2, 0.25) is 0 Å². The maximum absolute atomic E-state index is 6.23. The summed E-state index contributed by atoms with van der Waals surface area (Å²) < 4.78 is 11.6. The molecule has 0 bridgehead atoms. The molecule has 0 spiro atoms. The van der Waals surface area contributed by atoms with Crippen LogP contribution in [0.3, 0.4) is 0 Å². The highest BCUT2D eigenvalue weighted by Gasteiger charge is 2.47. The first kappa shape index (κ1) is 13.8. The first-order valence-electron chi connectivity index (χ1n) is 7.90. The smallest absolute Gasteiger partial charge is 0.0731 e. The van der Waals surface area contributed by atoms with Gasteiger partial charge in [-0.15, -0.1) is 0 Å². The van der Waals surface area contributed by atoms with Crippen LogP contribution in [-0.4, -0.2) is 55.5 Å². The lowest BCUT2D eigenvalue weighted by Gasteiger charge is -2.53. The molecule has 0 aromatic heterocycles. The number of hydrogen-bond acceptors (Lipinski definition) is 4. The summed E-state index contributed by atoms with van der Waals surface area (Å²) in [6, 6.07) is 0.605. The molecular formula is C15H28N2O2. The van der Waals surface area contributed by atoms with Crippen molar-refractivity contribution >= 4 is 0 Å². The molecule has 2 aliphatic carbocycles. The lowest BCUT2D eigenvalue weighted by Crippen LogP contribution is -2.64. The second-order valence-electron chi connectivity index (χ2n) is 6.48. The van der Waals surface area contributed by atoms with Gasteiger partial charge in [0, 0.05) is 31.8 Å².